The summed E-state index contributed by atoms with van der Waals surface area (Å²) >= 11 is 0. The van der Waals surface area contributed by atoms with E-state index in [-0.39, 0.29) is 17.8 Å². The molecule has 3 heterocycles. The smallest absolute Gasteiger partial charge is 0.254 e. The molecule has 2 saturated heterocycles. The molecular formula is C22H21FN4O. The Labute approximate surface area is 162 Å². The molecule has 1 N–H and O–H groups in total. The summed E-state index contributed by atoms with van der Waals surface area (Å²) in [5.74, 6) is 0.421. The van der Waals surface area contributed by atoms with Crippen molar-refractivity contribution in [3.63, 3.8) is 0 Å². The molecule has 2 aliphatic heterocycles. The molecule has 3 atom stereocenters. The van der Waals surface area contributed by atoms with E-state index in [1.807, 2.05) is 47.5 Å². The maximum Gasteiger partial charge on any atom is 0.254 e. The third-order valence-corrected chi connectivity index (χ3v) is 5.88. The summed E-state index contributed by atoms with van der Waals surface area (Å²) in [5, 5.41) is 7.67. The van der Waals surface area contributed by atoms with Gasteiger partial charge in [-0.25, -0.2) is 9.07 Å². The minimum atomic E-state index is -0.264. The molecule has 1 aromatic heterocycles. The van der Waals surface area contributed by atoms with Crippen LogP contribution < -0.4 is 5.32 Å². The summed E-state index contributed by atoms with van der Waals surface area (Å²) < 4.78 is 15.6. The molecule has 3 aromatic rings. The highest BCUT2D eigenvalue weighted by Crippen LogP contribution is 2.43. The highest BCUT2D eigenvalue weighted by atomic mass is 19.1. The van der Waals surface area contributed by atoms with Crippen molar-refractivity contribution in [2.24, 2.45) is 11.8 Å². The highest BCUT2D eigenvalue weighted by molar-refractivity contribution is 5.95. The van der Waals surface area contributed by atoms with E-state index < -0.39 is 0 Å². The Hall–Kier alpha value is -2.99. The number of fused-ring (bicyclic) bond motifs is 1. The quantitative estimate of drug-likeness (QED) is 0.764. The number of carbonyl (C=O) groups excluding carboxylic acids is 1. The lowest BCUT2D eigenvalue weighted by atomic mass is 9.89. The number of hydrogen-bond donors (Lipinski definition) is 1. The number of nitrogens with one attached hydrogen (secondary N) is 1. The first kappa shape index (κ1) is 17.1. The lowest BCUT2D eigenvalue weighted by molar-refractivity contribution is 0.0713. The number of nitrogens with zero attached hydrogens (tertiary/aromatic N) is 3. The van der Waals surface area contributed by atoms with Crippen LogP contribution in [0.3, 0.4) is 0 Å². The third kappa shape index (κ3) is 2.90. The van der Waals surface area contributed by atoms with Crippen LogP contribution >= 0.6 is 0 Å². The van der Waals surface area contributed by atoms with E-state index in [1.165, 1.54) is 6.07 Å². The zero-order chi connectivity index (χ0) is 19.1. The second kappa shape index (κ2) is 6.87. The molecule has 1 amide bonds. The van der Waals surface area contributed by atoms with Gasteiger partial charge in [-0.3, -0.25) is 4.79 Å². The van der Waals surface area contributed by atoms with Crippen LogP contribution in [-0.2, 0) is 0 Å². The number of halogens is 1. The maximum atomic E-state index is 13.9. The number of hydrogen-bond acceptors (Lipinski definition) is 3. The largest absolute Gasteiger partial charge is 0.331 e. The summed E-state index contributed by atoms with van der Waals surface area (Å²) in [7, 11) is 0. The molecule has 5 nitrogen and oxygen atoms in total. The third-order valence-electron chi connectivity index (χ3n) is 5.88. The van der Waals surface area contributed by atoms with Crippen LogP contribution in [0.15, 0.2) is 67.0 Å². The fourth-order valence-corrected chi connectivity index (χ4v) is 4.62. The zero-order valence-electron chi connectivity index (χ0n) is 15.3. The molecule has 0 radical (unpaired) electrons. The first-order valence-electron chi connectivity index (χ1n) is 9.58. The molecule has 5 rings (SSSR count). The fourth-order valence-electron chi connectivity index (χ4n) is 4.62. The Balaban J connectivity index is 1.50. The Kier molecular flexibility index (Phi) is 4.20. The monoisotopic (exact) mass is 376 g/mol. The predicted octanol–water partition coefficient (Wildman–Crippen LogP) is 3.04. The van der Waals surface area contributed by atoms with Crippen LogP contribution in [0.2, 0.25) is 0 Å². The summed E-state index contributed by atoms with van der Waals surface area (Å²) in [6.07, 6.45) is 3.56. The molecule has 0 aliphatic carbocycles. The Morgan fingerprint density at radius 3 is 2.82 bits per heavy atom. The average Bonchev–Trinajstić information content (AvgIpc) is 3.44. The van der Waals surface area contributed by atoms with Gasteiger partial charge in [0.05, 0.1) is 11.7 Å². The van der Waals surface area contributed by atoms with E-state index in [4.69, 9.17) is 0 Å². The van der Waals surface area contributed by atoms with E-state index in [1.54, 1.807) is 23.0 Å². The van der Waals surface area contributed by atoms with Gasteiger partial charge < -0.3 is 10.2 Å². The minimum Gasteiger partial charge on any atom is -0.331 e. The minimum absolute atomic E-state index is 0.0160. The van der Waals surface area contributed by atoms with Gasteiger partial charge in [0.1, 0.15) is 5.82 Å². The van der Waals surface area contributed by atoms with Crippen molar-refractivity contribution in [1.29, 1.82) is 0 Å². The van der Waals surface area contributed by atoms with Gasteiger partial charge in [0.25, 0.3) is 5.91 Å². The molecule has 142 valence electrons. The zero-order valence-corrected chi connectivity index (χ0v) is 15.3. The topological polar surface area (TPSA) is 50.2 Å². The van der Waals surface area contributed by atoms with E-state index in [0.29, 0.717) is 23.9 Å². The average molecular weight is 376 g/mol. The number of carbonyl (C=O) groups is 1. The lowest BCUT2D eigenvalue weighted by Gasteiger charge is -2.28. The second-order valence-corrected chi connectivity index (χ2v) is 7.54. The first-order valence-corrected chi connectivity index (χ1v) is 9.58. The normalized spacial score (nSPS) is 23.8. The van der Waals surface area contributed by atoms with Gasteiger partial charge in [0.2, 0.25) is 0 Å². The molecular weight excluding hydrogens is 355 g/mol. The number of rotatable bonds is 3. The standard InChI is InChI=1S/C22H21FN4O/c23-18-6-1-4-15(10-18)21-20-13-24-12-17(20)14-26(21)22(28)16-5-2-7-19(11-16)27-9-3-8-25-27/h1-11,17,20-21,24H,12-14H2/t17-,20-,21+/m0/s1. The summed E-state index contributed by atoms with van der Waals surface area (Å²) in [5.41, 5.74) is 2.34. The SMILES string of the molecule is O=C(c1cccc(-n2cccn2)c1)N1C[C@@H]2CNC[C@@H]2[C@H]1c1cccc(F)c1. The van der Waals surface area contributed by atoms with Crippen molar-refractivity contribution >= 4 is 5.91 Å². The van der Waals surface area contributed by atoms with Crippen LogP contribution in [-0.4, -0.2) is 40.2 Å². The lowest BCUT2D eigenvalue weighted by Crippen LogP contribution is -2.34. The molecule has 28 heavy (non-hydrogen) atoms. The van der Waals surface area contributed by atoms with Crippen LogP contribution in [0, 0.1) is 17.7 Å². The van der Waals surface area contributed by atoms with E-state index in [9.17, 15) is 9.18 Å². The van der Waals surface area contributed by atoms with Crippen LogP contribution in [0.25, 0.3) is 5.69 Å². The molecule has 0 unspecified atom stereocenters. The Bertz CT molecular complexity index is 1000. The van der Waals surface area contributed by atoms with Crippen molar-refractivity contribution in [1.82, 2.24) is 20.0 Å². The van der Waals surface area contributed by atoms with Gasteiger partial charge in [-0.15, -0.1) is 0 Å². The van der Waals surface area contributed by atoms with Gasteiger partial charge in [-0.2, -0.15) is 5.10 Å². The molecule has 0 bridgehead atoms. The van der Waals surface area contributed by atoms with E-state index in [0.717, 1.165) is 24.3 Å². The van der Waals surface area contributed by atoms with Crippen LogP contribution in [0.4, 0.5) is 4.39 Å². The number of likely N-dealkylation sites (tertiary alicyclic amines) is 1. The van der Waals surface area contributed by atoms with E-state index >= 15 is 0 Å². The number of amides is 1. The molecule has 2 aromatic carbocycles. The molecule has 0 spiro atoms. The number of aromatic nitrogens is 2. The van der Waals surface area contributed by atoms with Crippen LogP contribution in [0.1, 0.15) is 22.0 Å². The van der Waals surface area contributed by atoms with Gasteiger partial charge in [0, 0.05) is 43.5 Å². The van der Waals surface area contributed by atoms with Crippen molar-refractivity contribution < 1.29 is 9.18 Å². The molecule has 6 heteroatoms. The Morgan fingerprint density at radius 2 is 2.00 bits per heavy atom. The van der Waals surface area contributed by atoms with Gasteiger partial charge in [-0.1, -0.05) is 18.2 Å². The van der Waals surface area contributed by atoms with Crippen molar-refractivity contribution in [2.75, 3.05) is 19.6 Å². The van der Waals surface area contributed by atoms with Crippen molar-refractivity contribution in [2.45, 2.75) is 6.04 Å². The van der Waals surface area contributed by atoms with Crippen LogP contribution in [0.5, 0.6) is 0 Å². The van der Waals surface area contributed by atoms with Crippen molar-refractivity contribution in [3.05, 3.63) is 83.9 Å². The maximum absolute atomic E-state index is 13.9. The van der Waals surface area contributed by atoms with Gasteiger partial charge in [-0.05, 0) is 47.9 Å². The molecule has 0 saturated carbocycles. The number of benzene rings is 2. The predicted molar refractivity (Wildman–Crippen MR) is 104 cm³/mol. The summed E-state index contributed by atoms with van der Waals surface area (Å²) in [6, 6.07) is 15.9. The fraction of sp³-hybridized carbons (Fsp3) is 0.273. The first-order chi connectivity index (χ1) is 13.7. The highest BCUT2D eigenvalue weighted by Gasteiger charge is 2.46. The van der Waals surface area contributed by atoms with Gasteiger partial charge in [0.15, 0.2) is 0 Å². The van der Waals surface area contributed by atoms with Crippen molar-refractivity contribution in [3.8, 4) is 5.69 Å². The van der Waals surface area contributed by atoms with Gasteiger partial charge >= 0.3 is 0 Å². The summed E-state index contributed by atoms with van der Waals surface area (Å²) in [4.78, 5) is 15.4. The molecule has 2 aliphatic rings. The van der Waals surface area contributed by atoms with E-state index in [2.05, 4.69) is 10.4 Å². The molecule has 2 fully saturated rings. The summed E-state index contributed by atoms with van der Waals surface area (Å²) in [6.45, 7) is 2.43. The second-order valence-electron chi connectivity index (χ2n) is 7.54. The Morgan fingerprint density at radius 1 is 1.11 bits per heavy atom.